The van der Waals surface area contributed by atoms with Crippen molar-refractivity contribution >= 4 is 22.5 Å². The van der Waals surface area contributed by atoms with Crippen LogP contribution in [0.3, 0.4) is 0 Å². The SMILES string of the molecule is N#Cc1cnc2ccccc2c1NCc1cccc(C(=O)NCc2ccco2)c1. The van der Waals surface area contributed by atoms with Crippen molar-refractivity contribution in [1.29, 1.82) is 5.26 Å². The van der Waals surface area contributed by atoms with Gasteiger partial charge in [-0.15, -0.1) is 0 Å². The smallest absolute Gasteiger partial charge is 0.251 e. The number of rotatable bonds is 6. The van der Waals surface area contributed by atoms with E-state index in [1.807, 2.05) is 48.5 Å². The predicted molar refractivity (Wildman–Crippen MR) is 110 cm³/mol. The molecule has 6 heteroatoms. The largest absolute Gasteiger partial charge is 0.467 e. The molecule has 0 fully saturated rings. The molecule has 2 aromatic heterocycles. The molecule has 6 nitrogen and oxygen atoms in total. The average Bonchev–Trinajstić information content (AvgIpc) is 3.29. The van der Waals surface area contributed by atoms with Crippen LogP contribution in [0.4, 0.5) is 5.69 Å². The summed E-state index contributed by atoms with van der Waals surface area (Å²) in [4.78, 5) is 16.7. The van der Waals surface area contributed by atoms with E-state index in [0.29, 0.717) is 30.0 Å². The van der Waals surface area contributed by atoms with Gasteiger partial charge in [-0.25, -0.2) is 0 Å². The van der Waals surface area contributed by atoms with Crippen molar-refractivity contribution in [3.8, 4) is 6.07 Å². The van der Waals surface area contributed by atoms with Crippen molar-refractivity contribution in [2.24, 2.45) is 0 Å². The molecule has 2 N–H and O–H groups in total. The summed E-state index contributed by atoms with van der Waals surface area (Å²) >= 11 is 0. The van der Waals surface area contributed by atoms with Crippen LogP contribution in [0.5, 0.6) is 0 Å². The molecule has 2 heterocycles. The Hall–Kier alpha value is -4.11. The lowest BCUT2D eigenvalue weighted by Crippen LogP contribution is -2.22. The lowest BCUT2D eigenvalue weighted by atomic mass is 10.1. The maximum absolute atomic E-state index is 12.4. The minimum Gasteiger partial charge on any atom is -0.467 e. The van der Waals surface area contributed by atoms with Gasteiger partial charge in [0.1, 0.15) is 11.8 Å². The molecule has 0 aliphatic rings. The molecule has 0 unspecified atom stereocenters. The quantitative estimate of drug-likeness (QED) is 0.520. The fourth-order valence-corrected chi connectivity index (χ4v) is 3.11. The predicted octanol–water partition coefficient (Wildman–Crippen LogP) is 4.24. The summed E-state index contributed by atoms with van der Waals surface area (Å²) in [5.41, 5.74) is 3.54. The zero-order valence-electron chi connectivity index (χ0n) is 15.6. The molecule has 29 heavy (non-hydrogen) atoms. The monoisotopic (exact) mass is 382 g/mol. The summed E-state index contributed by atoms with van der Waals surface area (Å²) in [6, 6.07) is 20.8. The van der Waals surface area contributed by atoms with Gasteiger partial charge >= 0.3 is 0 Å². The van der Waals surface area contributed by atoms with Crippen LogP contribution in [-0.2, 0) is 13.1 Å². The summed E-state index contributed by atoms with van der Waals surface area (Å²) in [5.74, 6) is 0.528. The van der Waals surface area contributed by atoms with Crippen LogP contribution in [0.15, 0.2) is 77.5 Å². The maximum atomic E-state index is 12.4. The number of anilines is 1. The Morgan fingerprint density at radius 1 is 1.07 bits per heavy atom. The first-order chi connectivity index (χ1) is 14.2. The van der Waals surface area contributed by atoms with E-state index in [1.165, 1.54) is 0 Å². The van der Waals surface area contributed by atoms with Crippen molar-refractivity contribution in [3.63, 3.8) is 0 Å². The van der Waals surface area contributed by atoms with Crippen molar-refractivity contribution in [2.45, 2.75) is 13.1 Å². The second kappa shape index (κ2) is 8.28. The first-order valence-electron chi connectivity index (χ1n) is 9.16. The second-order valence-corrected chi connectivity index (χ2v) is 6.49. The highest BCUT2D eigenvalue weighted by molar-refractivity contribution is 5.95. The summed E-state index contributed by atoms with van der Waals surface area (Å²) < 4.78 is 5.23. The van der Waals surface area contributed by atoms with Gasteiger partial charge in [-0.1, -0.05) is 30.3 Å². The van der Waals surface area contributed by atoms with Crippen molar-refractivity contribution in [1.82, 2.24) is 10.3 Å². The van der Waals surface area contributed by atoms with Crippen molar-refractivity contribution in [3.05, 3.63) is 95.6 Å². The normalized spacial score (nSPS) is 10.4. The van der Waals surface area contributed by atoms with Gasteiger partial charge in [-0.05, 0) is 35.9 Å². The van der Waals surface area contributed by atoms with E-state index >= 15 is 0 Å². The van der Waals surface area contributed by atoms with Crippen LogP contribution in [0.2, 0.25) is 0 Å². The fourth-order valence-electron chi connectivity index (χ4n) is 3.11. The van der Waals surface area contributed by atoms with E-state index in [-0.39, 0.29) is 5.91 Å². The lowest BCUT2D eigenvalue weighted by molar-refractivity contribution is 0.0948. The van der Waals surface area contributed by atoms with Crippen LogP contribution in [-0.4, -0.2) is 10.9 Å². The number of para-hydroxylation sites is 1. The number of benzene rings is 2. The number of carbonyl (C=O) groups excluding carboxylic acids is 1. The molecule has 4 rings (SSSR count). The minimum absolute atomic E-state index is 0.171. The van der Waals surface area contributed by atoms with E-state index in [4.69, 9.17) is 4.42 Å². The number of hydrogen-bond donors (Lipinski definition) is 2. The molecule has 2 aromatic carbocycles. The molecule has 0 bridgehead atoms. The maximum Gasteiger partial charge on any atom is 0.251 e. The van der Waals surface area contributed by atoms with Crippen molar-refractivity contribution < 1.29 is 9.21 Å². The molecule has 1 amide bonds. The first kappa shape index (κ1) is 18.3. The molecule has 0 spiro atoms. The molecular formula is C23H18N4O2. The van der Waals surface area contributed by atoms with Gasteiger partial charge in [0.15, 0.2) is 0 Å². The Balaban J connectivity index is 1.50. The van der Waals surface area contributed by atoms with Gasteiger partial charge in [-0.3, -0.25) is 9.78 Å². The standard InChI is InChI=1S/C23H18N4O2/c24-12-18-14-25-21-9-2-1-8-20(21)22(18)26-13-16-5-3-6-17(11-16)23(28)27-15-19-7-4-10-29-19/h1-11,14H,13,15H2,(H,25,26)(H,27,28). The van der Waals surface area contributed by atoms with Crippen LogP contribution in [0.1, 0.15) is 27.2 Å². The Kier molecular flexibility index (Phi) is 5.21. The molecule has 0 saturated heterocycles. The number of pyridine rings is 1. The summed E-state index contributed by atoms with van der Waals surface area (Å²) in [7, 11) is 0. The molecule has 0 aliphatic heterocycles. The number of aromatic nitrogens is 1. The third kappa shape index (κ3) is 4.09. The number of furan rings is 1. The van der Waals surface area contributed by atoms with Crippen molar-refractivity contribution in [2.75, 3.05) is 5.32 Å². The zero-order chi connectivity index (χ0) is 20.1. The summed E-state index contributed by atoms with van der Waals surface area (Å²) in [6.07, 6.45) is 3.15. The summed E-state index contributed by atoms with van der Waals surface area (Å²) in [5, 5.41) is 16.5. The Bertz CT molecular complexity index is 1190. The van der Waals surface area contributed by atoms with Gasteiger partial charge in [0.05, 0.1) is 29.6 Å². The highest BCUT2D eigenvalue weighted by Gasteiger charge is 2.10. The Morgan fingerprint density at radius 2 is 1.97 bits per heavy atom. The minimum atomic E-state index is -0.171. The third-order valence-electron chi connectivity index (χ3n) is 4.56. The number of nitriles is 1. The van der Waals surface area contributed by atoms with Gasteiger partial charge in [0, 0.05) is 23.7 Å². The number of nitrogens with zero attached hydrogens (tertiary/aromatic N) is 2. The topological polar surface area (TPSA) is 91.0 Å². The lowest BCUT2D eigenvalue weighted by Gasteiger charge is -2.12. The highest BCUT2D eigenvalue weighted by atomic mass is 16.3. The molecule has 142 valence electrons. The van der Waals surface area contributed by atoms with Crippen LogP contribution in [0.25, 0.3) is 10.9 Å². The fraction of sp³-hybridized carbons (Fsp3) is 0.0870. The molecule has 4 aromatic rings. The molecular weight excluding hydrogens is 364 g/mol. The zero-order valence-corrected chi connectivity index (χ0v) is 15.6. The van der Waals surface area contributed by atoms with E-state index in [2.05, 4.69) is 21.7 Å². The Labute approximate surface area is 167 Å². The average molecular weight is 382 g/mol. The Morgan fingerprint density at radius 3 is 2.79 bits per heavy atom. The summed E-state index contributed by atoms with van der Waals surface area (Å²) in [6.45, 7) is 0.810. The van der Waals surface area contributed by atoms with Gasteiger partial charge in [0.25, 0.3) is 5.91 Å². The second-order valence-electron chi connectivity index (χ2n) is 6.49. The van der Waals surface area contributed by atoms with E-state index < -0.39 is 0 Å². The molecule has 0 radical (unpaired) electrons. The van der Waals surface area contributed by atoms with Gasteiger partial charge in [-0.2, -0.15) is 5.26 Å². The van der Waals surface area contributed by atoms with Gasteiger partial charge in [0.2, 0.25) is 0 Å². The third-order valence-corrected chi connectivity index (χ3v) is 4.56. The van der Waals surface area contributed by atoms with E-state index in [9.17, 15) is 10.1 Å². The molecule has 0 saturated carbocycles. The van der Waals surface area contributed by atoms with E-state index in [1.54, 1.807) is 24.6 Å². The van der Waals surface area contributed by atoms with E-state index in [0.717, 1.165) is 22.2 Å². The highest BCUT2D eigenvalue weighted by Crippen LogP contribution is 2.26. The molecule has 0 atom stereocenters. The first-order valence-corrected chi connectivity index (χ1v) is 9.16. The molecule has 0 aliphatic carbocycles. The number of nitrogens with one attached hydrogen (secondary N) is 2. The number of amides is 1. The van der Waals surface area contributed by atoms with Crippen LogP contribution < -0.4 is 10.6 Å². The number of hydrogen-bond acceptors (Lipinski definition) is 5. The van der Waals surface area contributed by atoms with Gasteiger partial charge < -0.3 is 15.1 Å². The van der Waals surface area contributed by atoms with Crippen LogP contribution >= 0.6 is 0 Å². The van der Waals surface area contributed by atoms with Crippen LogP contribution in [0, 0.1) is 11.3 Å². The number of carbonyl (C=O) groups is 1. The number of fused-ring (bicyclic) bond motifs is 1.